The van der Waals surface area contributed by atoms with E-state index in [2.05, 4.69) is 4.72 Å². The lowest BCUT2D eigenvalue weighted by molar-refractivity contribution is 0.419. The maximum Gasteiger partial charge on any atom is 0.215 e. The fraction of sp³-hybridized carbons (Fsp3) is 0.571. The van der Waals surface area contributed by atoms with E-state index in [9.17, 15) is 8.42 Å². The molecule has 1 aromatic rings. The second kappa shape index (κ2) is 6.50. The molecule has 0 saturated heterocycles. The van der Waals surface area contributed by atoms with Crippen molar-refractivity contribution in [2.45, 2.75) is 44.4 Å². The topological polar surface area (TPSA) is 72.2 Å². The molecule has 5 heteroatoms. The molecule has 0 radical (unpaired) electrons. The van der Waals surface area contributed by atoms with Crippen LogP contribution in [-0.2, 0) is 16.4 Å². The van der Waals surface area contributed by atoms with Gasteiger partial charge in [0.15, 0.2) is 0 Å². The number of nitrogens with one attached hydrogen (secondary N) is 1. The van der Waals surface area contributed by atoms with Crippen LogP contribution >= 0.6 is 0 Å². The summed E-state index contributed by atoms with van der Waals surface area (Å²) in [4.78, 5) is 0. The summed E-state index contributed by atoms with van der Waals surface area (Å²) in [5.41, 5.74) is 6.16. The number of sulfonamides is 1. The Morgan fingerprint density at radius 3 is 2.37 bits per heavy atom. The number of hydrogen-bond acceptors (Lipinski definition) is 3. The molecule has 0 saturated carbocycles. The van der Waals surface area contributed by atoms with Crippen LogP contribution in [0.4, 0.5) is 0 Å². The number of benzene rings is 1. The molecule has 4 nitrogen and oxygen atoms in total. The maximum absolute atomic E-state index is 12.0. The molecule has 3 N–H and O–H groups in total. The first-order valence-corrected chi connectivity index (χ1v) is 8.08. The van der Waals surface area contributed by atoms with Crippen LogP contribution in [0.1, 0.15) is 32.8 Å². The summed E-state index contributed by atoms with van der Waals surface area (Å²) in [7, 11) is -3.35. The van der Waals surface area contributed by atoms with Crippen molar-refractivity contribution in [2.75, 3.05) is 6.54 Å². The van der Waals surface area contributed by atoms with Gasteiger partial charge in [0, 0.05) is 12.1 Å². The lowest BCUT2D eigenvalue weighted by Gasteiger charge is -2.27. The minimum atomic E-state index is -3.35. The van der Waals surface area contributed by atoms with E-state index in [4.69, 9.17) is 5.73 Å². The Bertz CT molecular complexity index is 483. The summed E-state index contributed by atoms with van der Waals surface area (Å²) < 4.78 is 26.7. The van der Waals surface area contributed by atoms with Gasteiger partial charge in [-0.25, -0.2) is 13.1 Å². The fourth-order valence-electron chi connectivity index (χ4n) is 1.76. The lowest BCUT2D eigenvalue weighted by atomic mass is 9.97. The molecule has 0 fully saturated rings. The Balaban J connectivity index is 2.62. The molecule has 0 spiro atoms. The van der Waals surface area contributed by atoms with Crippen LogP contribution in [-0.4, -0.2) is 25.8 Å². The van der Waals surface area contributed by atoms with Crippen LogP contribution in [0, 0.1) is 0 Å². The van der Waals surface area contributed by atoms with Gasteiger partial charge in [0.05, 0.1) is 5.25 Å². The van der Waals surface area contributed by atoms with E-state index in [0.29, 0.717) is 0 Å². The summed E-state index contributed by atoms with van der Waals surface area (Å²) in [5.74, 6) is 0. The molecule has 1 unspecified atom stereocenters. The van der Waals surface area contributed by atoms with Crippen molar-refractivity contribution < 1.29 is 8.42 Å². The van der Waals surface area contributed by atoms with Crippen molar-refractivity contribution >= 4 is 10.0 Å². The SMILES string of the molecule is CC(CN)S(=O)(=O)NC(C)(C)CCc1ccccc1. The Hall–Kier alpha value is -0.910. The smallest absolute Gasteiger partial charge is 0.215 e. The molecular formula is C14H24N2O2S. The van der Waals surface area contributed by atoms with Gasteiger partial charge in [-0.15, -0.1) is 0 Å². The molecule has 19 heavy (non-hydrogen) atoms. The Morgan fingerprint density at radius 1 is 1.26 bits per heavy atom. The van der Waals surface area contributed by atoms with Crippen LogP contribution in [0.2, 0.25) is 0 Å². The molecule has 0 aliphatic rings. The van der Waals surface area contributed by atoms with E-state index in [1.165, 1.54) is 5.56 Å². The zero-order valence-corrected chi connectivity index (χ0v) is 12.7. The van der Waals surface area contributed by atoms with Crippen LogP contribution in [0.15, 0.2) is 30.3 Å². The van der Waals surface area contributed by atoms with Crippen molar-refractivity contribution in [3.05, 3.63) is 35.9 Å². The highest BCUT2D eigenvalue weighted by molar-refractivity contribution is 7.90. The predicted molar refractivity (Wildman–Crippen MR) is 79.4 cm³/mol. The van der Waals surface area contributed by atoms with Gasteiger partial charge < -0.3 is 5.73 Å². The summed E-state index contributed by atoms with van der Waals surface area (Å²) in [6.45, 7) is 5.55. The van der Waals surface area contributed by atoms with Crippen molar-refractivity contribution in [1.82, 2.24) is 4.72 Å². The molecule has 0 aromatic heterocycles. The molecule has 1 rings (SSSR count). The monoisotopic (exact) mass is 284 g/mol. The molecule has 0 amide bonds. The molecule has 0 bridgehead atoms. The highest BCUT2D eigenvalue weighted by Gasteiger charge is 2.28. The van der Waals surface area contributed by atoms with E-state index >= 15 is 0 Å². The van der Waals surface area contributed by atoms with Crippen molar-refractivity contribution in [3.8, 4) is 0 Å². The largest absolute Gasteiger partial charge is 0.329 e. The average molecular weight is 284 g/mol. The predicted octanol–water partition coefficient (Wildman–Crippen LogP) is 1.66. The molecule has 108 valence electrons. The van der Waals surface area contributed by atoms with E-state index in [1.807, 2.05) is 44.2 Å². The fourth-order valence-corrected chi connectivity index (χ4v) is 3.09. The first-order chi connectivity index (χ1) is 8.77. The van der Waals surface area contributed by atoms with Crippen LogP contribution in [0.25, 0.3) is 0 Å². The van der Waals surface area contributed by atoms with Crippen molar-refractivity contribution in [1.29, 1.82) is 0 Å². The number of aryl methyl sites for hydroxylation is 1. The third kappa shape index (κ3) is 5.30. The van der Waals surface area contributed by atoms with E-state index in [-0.39, 0.29) is 6.54 Å². The van der Waals surface area contributed by atoms with Crippen LogP contribution < -0.4 is 10.5 Å². The quantitative estimate of drug-likeness (QED) is 0.800. The van der Waals surface area contributed by atoms with Gasteiger partial charge in [-0.2, -0.15) is 0 Å². The van der Waals surface area contributed by atoms with Gasteiger partial charge in [0.1, 0.15) is 0 Å². The zero-order chi connectivity index (χ0) is 14.5. The standard InChI is InChI=1S/C14H24N2O2S/c1-12(11-15)19(17,18)16-14(2,3)10-9-13-7-5-4-6-8-13/h4-8,12,16H,9-11,15H2,1-3H3. The Kier molecular flexibility index (Phi) is 5.52. The van der Waals surface area contributed by atoms with Gasteiger partial charge >= 0.3 is 0 Å². The van der Waals surface area contributed by atoms with Gasteiger partial charge in [-0.3, -0.25) is 0 Å². The number of nitrogens with two attached hydrogens (primary N) is 1. The molecule has 0 aliphatic heterocycles. The van der Waals surface area contributed by atoms with Crippen molar-refractivity contribution in [3.63, 3.8) is 0 Å². The summed E-state index contributed by atoms with van der Waals surface area (Å²) in [6, 6.07) is 10.0. The molecule has 0 heterocycles. The highest BCUT2D eigenvalue weighted by Crippen LogP contribution is 2.16. The summed E-state index contributed by atoms with van der Waals surface area (Å²) >= 11 is 0. The van der Waals surface area contributed by atoms with E-state index < -0.39 is 20.8 Å². The van der Waals surface area contributed by atoms with Gasteiger partial charge in [0.2, 0.25) is 10.0 Å². The first kappa shape index (κ1) is 16.1. The lowest BCUT2D eigenvalue weighted by Crippen LogP contribution is -2.48. The van der Waals surface area contributed by atoms with Gasteiger partial charge in [-0.05, 0) is 39.2 Å². The first-order valence-electron chi connectivity index (χ1n) is 6.53. The third-order valence-electron chi connectivity index (χ3n) is 3.16. The second-order valence-corrected chi connectivity index (χ2v) is 7.66. The second-order valence-electron chi connectivity index (χ2n) is 5.56. The van der Waals surface area contributed by atoms with Gasteiger partial charge in [0.25, 0.3) is 0 Å². The third-order valence-corrected chi connectivity index (χ3v) is 5.25. The molecule has 0 aliphatic carbocycles. The maximum atomic E-state index is 12.0. The summed E-state index contributed by atoms with van der Waals surface area (Å²) in [5, 5.41) is -0.566. The molecular weight excluding hydrogens is 260 g/mol. The average Bonchev–Trinajstić information content (AvgIpc) is 2.35. The minimum Gasteiger partial charge on any atom is -0.329 e. The number of hydrogen-bond donors (Lipinski definition) is 2. The summed E-state index contributed by atoms with van der Waals surface area (Å²) in [6.07, 6.45) is 1.58. The Labute approximate surface area is 116 Å². The molecule has 1 atom stereocenters. The zero-order valence-electron chi connectivity index (χ0n) is 11.9. The molecule has 1 aromatic carbocycles. The highest BCUT2D eigenvalue weighted by atomic mass is 32.2. The normalized spacial score (nSPS) is 14.3. The van der Waals surface area contributed by atoms with Crippen LogP contribution in [0.3, 0.4) is 0 Å². The van der Waals surface area contributed by atoms with Crippen LogP contribution in [0.5, 0.6) is 0 Å². The number of rotatable bonds is 7. The Morgan fingerprint density at radius 2 is 1.84 bits per heavy atom. The van der Waals surface area contributed by atoms with E-state index in [0.717, 1.165) is 12.8 Å². The minimum absolute atomic E-state index is 0.129. The van der Waals surface area contributed by atoms with Crippen molar-refractivity contribution in [2.24, 2.45) is 5.73 Å². The van der Waals surface area contributed by atoms with Gasteiger partial charge in [-0.1, -0.05) is 30.3 Å². The van der Waals surface area contributed by atoms with E-state index in [1.54, 1.807) is 6.92 Å².